The van der Waals surface area contributed by atoms with E-state index in [2.05, 4.69) is 0 Å². The molecule has 0 amide bonds. The molecule has 1 N–H and O–H groups in total. The summed E-state index contributed by atoms with van der Waals surface area (Å²) in [5.41, 5.74) is -1.82. The van der Waals surface area contributed by atoms with Gasteiger partial charge in [0.05, 0.1) is 22.1 Å². The smallest absolute Gasteiger partial charge is 0.417 e. The first-order chi connectivity index (χ1) is 10.6. The molecule has 0 spiro atoms. The maximum atomic E-state index is 13.1. The zero-order valence-electron chi connectivity index (χ0n) is 11.5. The lowest BCUT2D eigenvalue weighted by molar-refractivity contribution is -0.140. The Morgan fingerprint density at radius 1 is 1.39 bits per heavy atom. The second-order valence-electron chi connectivity index (χ2n) is 4.93. The third-order valence-corrected chi connectivity index (χ3v) is 5.46. The van der Waals surface area contributed by atoms with E-state index in [4.69, 9.17) is 10.4 Å². The van der Waals surface area contributed by atoms with Crippen molar-refractivity contribution in [2.45, 2.75) is 30.0 Å². The number of benzene rings is 1. The van der Waals surface area contributed by atoms with Crippen LogP contribution in [0.25, 0.3) is 0 Å². The van der Waals surface area contributed by atoms with Crippen LogP contribution >= 0.6 is 0 Å². The van der Waals surface area contributed by atoms with E-state index < -0.39 is 38.7 Å². The molecule has 0 saturated carbocycles. The summed E-state index contributed by atoms with van der Waals surface area (Å²) < 4.78 is 64.9. The van der Waals surface area contributed by atoms with Crippen molar-refractivity contribution in [1.29, 1.82) is 5.26 Å². The highest BCUT2D eigenvalue weighted by atomic mass is 32.2. The summed E-state index contributed by atoms with van der Waals surface area (Å²) in [7, 11) is -4.65. The van der Waals surface area contributed by atoms with E-state index in [-0.39, 0.29) is 24.9 Å². The van der Waals surface area contributed by atoms with Gasteiger partial charge in [0.1, 0.15) is 6.04 Å². The maximum Gasteiger partial charge on any atom is 0.417 e. The number of carboxylic acids is 1. The van der Waals surface area contributed by atoms with Gasteiger partial charge in [0.25, 0.3) is 0 Å². The van der Waals surface area contributed by atoms with E-state index >= 15 is 0 Å². The first kappa shape index (κ1) is 17.2. The summed E-state index contributed by atoms with van der Waals surface area (Å²) in [5, 5.41) is 17.7. The maximum absolute atomic E-state index is 13.1. The van der Waals surface area contributed by atoms with Crippen molar-refractivity contribution in [3.63, 3.8) is 0 Å². The molecule has 2 rings (SSSR count). The highest BCUT2D eigenvalue weighted by molar-refractivity contribution is 7.89. The molecule has 1 heterocycles. The zero-order chi connectivity index (χ0) is 17.4. The number of rotatable bonds is 3. The SMILES string of the molecule is N#Cc1ccc(S(=O)(=O)N2CCC[C@@H]2C(=O)O)c(C(F)(F)F)c1. The summed E-state index contributed by atoms with van der Waals surface area (Å²) in [6.07, 6.45) is -4.71. The van der Waals surface area contributed by atoms with Crippen LogP contribution in [-0.2, 0) is 21.0 Å². The number of hydrogen-bond donors (Lipinski definition) is 1. The minimum absolute atomic E-state index is 0.0339. The molecule has 1 aliphatic heterocycles. The van der Waals surface area contributed by atoms with Crippen LogP contribution in [-0.4, -0.2) is 36.4 Å². The third kappa shape index (κ3) is 3.16. The molecule has 1 atom stereocenters. The average molecular weight is 348 g/mol. The lowest BCUT2D eigenvalue weighted by atomic mass is 10.1. The molecular formula is C13H11F3N2O4S. The summed E-state index contributed by atoms with van der Waals surface area (Å²) >= 11 is 0. The van der Waals surface area contributed by atoms with Crippen LogP contribution in [0.15, 0.2) is 23.1 Å². The molecule has 0 aliphatic carbocycles. The number of carboxylic acid groups (broad SMARTS) is 1. The van der Waals surface area contributed by atoms with E-state index in [0.29, 0.717) is 16.4 Å². The van der Waals surface area contributed by atoms with E-state index in [9.17, 15) is 26.4 Å². The number of sulfonamides is 1. The molecule has 1 aromatic carbocycles. The standard InChI is InChI=1S/C13H11F3N2O4S/c14-13(15,16)9-6-8(7-17)3-4-11(9)23(21,22)18-5-1-2-10(18)12(19)20/h3-4,6,10H,1-2,5H2,(H,19,20)/t10-/m1/s1. The van der Waals surface area contributed by atoms with Crippen molar-refractivity contribution in [2.75, 3.05) is 6.54 Å². The topological polar surface area (TPSA) is 98.5 Å². The van der Waals surface area contributed by atoms with Gasteiger partial charge >= 0.3 is 12.1 Å². The Labute approximate surface area is 129 Å². The minimum Gasteiger partial charge on any atom is -0.480 e. The average Bonchev–Trinajstić information content (AvgIpc) is 2.96. The van der Waals surface area contributed by atoms with Crippen LogP contribution in [0.5, 0.6) is 0 Å². The van der Waals surface area contributed by atoms with Crippen LogP contribution in [0, 0.1) is 11.3 Å². The monoisotopic (exact) mass is 348 g/mol. The van der Waals surface area contributed by atoms with Gasteiger partial charge in [-0.1, -0.05) is 0 Å². The fourth-order valence-corrected chi connectivity index (χ4v) is 4.29. The molecular weight excluding hydrogens is 337 g/mol. The van der Waals surface area contributed by atoms with E-state index in [1.165, 1.54) is 6.07 Å². The van der Waals surface area contributed by atoms with Crippen LogP contribution < -0.4 is 0 Å². The van der Waals surface area contributed by atoms with Crippen molar-refractivity contribution in [3.05, 3.63) is 29.3 Å². The number of halogens is 3. The first-order valence-corrected chi connectivity index (χ1v) is 7.89. The Hall–Kier alpha value is -2.12. The molecule has 1 aliphatic rings. The Kier molecular flexibility index (Phi) is 4.37. The molecule has 1 fully saturated rings. The van der Waals surface area contributed by atoms with Gasteiger partial charge in [0.2, 0.25) is 10.0 Å². The van der Waals surface area contributed by atoms with Crippen molar-refractivity contribution >= 4 is 16.0 Å². The number of nitriles is 1. The number of hydrogen-bond acceptors (Lipinski definition) is 4. The quantitative estimate of drug-likeness (QED) is 0.898. The number of aliphatic carboxylic acids is 1. The van der Waals surface area contributed by atoms with E-state index in [0.717, 1.165) is 6.07 Å². The number of alkyl halides is 3. The Bertz CT molecular complexity index is 783. The molecule has 0 radical (unpaired) electrons. The second kappa shape index (κ2) is 5.82. The Morgan fingerprint density at radius 2 is 2.04 bits per heavy atom. The highest BCUT2D eigenvalue weighted by Gasteiger charge is 2.44. The first-order valence-electron chi connectivity index (χ1n) is 6.45. The fourth-order valence-electron chi connectivity index (χ4n) is 2.45. The van der Waals surface area contributed by atoms with Gasteiger partial charge in [0.15, 0.2) is 0 Å². The minimum atomic E-state index is -4.99. The molecule has 10 heteroatoms. The zero-order valence-corrected chi connectivity index (χ0v) is 12.4. The van der Waals surface area contributed by atoms with E-state index in [1.54, 1.807) is 0 Å². The van der Waals surface area contributed by atoms with Gasteiger partial charge in [-0.25, -0.2) is 8.42 Å². The summed E-state index contributed by atoms with van der Waals surface area (Å²) in [6, 6.07) is 2.20. The Balaban J connectivity index is 2.61. The molecule has 6 nitrogen and oxygen atoms in total. The van der Waals surface area contributed by atoms with Gasteiger partial charge < -0.3 is 5.11 Å². The summed E-state index contributed by atoms with van der Waals surface area (Å²) in [6.45, 7) is -0.170. The molecule has 124 valence electrons. The molecule has 1 saturated heterocycles. The number of nitrogens with zero attached hydrogens (tertiary/aromatic N) is 2. The molecule has 0 bridgehead atoms. The lowest BCUT2D eigenvalue weighted by Crippen LogP contribution is -2.41. The fraction of sp³-hybridized carbons (Fsp3) is 0.385. The normalized spacial score (nSPS) is 19.5. The molecule has 1 aromatic rings. The van der Waals surface area contributed by atoms with Crippen LogP contribution in [0.1, 0.15) is 24.0 Å². The number of carbonyl (C=O) groups is 1. The predicted octanol–water partition coefficient (Wildman–Crippen LogP) is 1.81. The van der Waals surface area contributed by atoms with E-state index in [1.807, 2.05) is 0 Å². The van der Waals surface area contributed by atoms with Crippen molar-refractivity contribution in [1.82, 2.24) is 4.31 Å². The summed E-state index contributed by atoms with van der Waals surface area (Å²) in [5.74, 6) is -1.41. The highest BCUT2D eigenvalue weighted by Crippen LogP contribution is 2.37. The predicted molar refractivity (Wildman–Crippen MR) is 70.7 cm³/mol. The molecule has 0 aromatic heterocycles. The van der Waals surface area contributed by atoms with Gasteiger partial charge in [-0.05, 0) is 31.0 Å². The van der Waals surface area contributed by atoms with Crippen LogP contribution in [0.4, 0.5) is 13.2 Å². The summed E-state index contributed by atoms with van der Waals surface area (Å²) in [4.78, 5) is 10.1. The van der Waals surface area contributed by atoms with Gasteiger partial charge in [-0.15, -0.1) is 0 Å². The van der Waals surface area contributed by atoms with Crippen molar-refractivity contribution in [2.24, 2.45) is 0 Å². The lowest BCUT2D eigenvalue weighted by Gasteiger charge is -2.23. The molecule has 0 unspecified atom stereocenters. The van der Waals surface area contributed by atoms with Crippen molar-refractivity contribution in [3.8, 4) is 6.07 Å². The van der Waals surface area contributed by atoms with Gasteiger partial charge in [-0.3, -0.25) is 4.79 Å². The second-order valence-corrected chi connectivity index (χ2v) is 6.79. The Morgan fingerprint density at radius 3 is 2.57 bits per heavy atom. The van der Waals surface area contributed by atoms with Gasteiger partial charge in [-0.2, -0.15) is 22.7 Å². The van der Waals surface area contributed by atoms with Crippen molar-refractivity contribution < 1.29 is 31.5 Å². The third-order valence-electron chi connectivity index (χ3n) is 3.49. The van der Waals surface area contributed by atoms with Gasteiger partial charge in [0, 0.05) is 6.54 Å². The molecule has 23 heavy (non-hydrogen) atoms. The largest absolute Gasteiger partial charge is 0.480 e. The van der Waals surface area contributed by atoms with Crippen LogP contribution in [0.2, 0.25) is 0 Å². The van der Waals surface area contributed by atoms with Crippen LogP contribution in [0.3, 0.4) is 0 Å².